The van der Waals surface area contributed by atoms with Gasteiger partial charge in [-0.1, -0.05) is 113 Å². The summed E-state index contributed by atoms with van der Waals surface area (Å²) in [7, 11) is 3.78. The Bertz CT molecular complexity index is 1860. The second kappa shape index (κ2) is 24.3. The van der Waals surface area contributed by atoms with E-state index in [4.69, 9.17) is 11.5 Å². The van der Waals surface area contributed by atoms with E-state index in [2.05, 4.69) is 63.0 Å². The zero-order valence-corrected chi connectivity index (χ0v) is 40.6. The molecule has 11 nitrogen and oxygen atoms in total. The van der Waals surface area contributed by atoms with Gasteiger partial charge in [-0.15, -0.1) is 0 Å². The van der Waals surface area contributed by atoms with Crippen molar-refractivity contribution in [3.05, 3.63) is 65.2 Å². The van der Waals surface area contributed by atoms with Crippen molar-refractivity contribution in [2.75, 3.05) is 23.8 Å². The second-order valence-corrected chi connectivity index (χ2v) is 22.3. The van der Waals surface area contributed by atoms with Gasteiger partial charge >= 0.3 is 0 Å². The lowest BCUT2D eigenvalue weighted by Gasteiger charge is -2.31. The van der Waals surface area contributed by atoms with Crippen LogP contribution in [0, 0.1) is 28.6 Å². The van der Waals surface area contributed by atoms with Crippen molar-refractivity contribution >= 4 is 69.0 Å². The highest BCUT2D eigenvalue weighted by Gasteiger charge is 2.47. The Labute approximate surface area is 380 Å². The van der Waals surface area contributed by atoms with Crippen LogP contribution in [0.5, 0.6) is 0 Å². The van der Waals surface area contributed by atoms with E-state index in [0.29, 0.717) is 42.2 Å². The summed E-state index contributed by atoms with van der Waals surface area (Å²) in [5.74, 6) is 2.38. The number of aliphatic hydroxyl groups is 1. The molecule has 62 heavy (non-hydrogen) atoms. The number of para-hydroxylation sites is 1. The zero-order valence-electron chi connectivity index (χ0n) is 39.0. The van der Waals surface area contributed by atoms with Crippen LogP contribution in [0.15, 0.2) is 53.5 Å². The minimum absolute atomic E-state index is 0.0305. The monoisotopic (exact) mass is 893 g/mol. The first-order chi connectivity index (χ1) is 29.1. The number of nitrogens with two attached hydrogens (primary N) is 2. The smallest absolute Gasteiger partial charge is 0.227 e. The molecule has 3 atom stereocenters. The van der Waals surface area contributed by atoms with Crippen molar-refractivity contribution in [2.24, 2.45) is 45.0 Å². The highest BCUT2D eigenvalue weighted by Crippen LogP contribution is 2.55. The molecular formula is C49H76N6O5S2. The first-order valence-electron chi connectivity index (χ1n) is 22.3. The van der Waals surface area contributed by atoms with Crippen LogP contribution in [-0.4, -0.2) is 65.1 Å². The molecule has 0 radical (unpaired) electrons. The molecule has 4 amide bonds. The summed E-state index contributed by atoms with van der Waals surface area (Å²) in [4.78, 5) is 55.2. The quantitative estimate of drug-likeness (QED) is 0.0393. The van der Waals surface area contributed by atoms with E-state index in [9.17, 15) is 24.3 Å². The summed E-state index contributed by atoms with van der Waals surface area (Å²) in [5.41, 5.74) is 14.8. The SMILES string of the molecule is C=N/C1=C(\NCCC(C)(C)C2CC2CCC(C)(C)C(N)=O)c2ccccc2CN(C(=O)CCC(=O)NC(C)(C)CCO)c2ccccc21.CC(C)CCSSC(C)CCC(N)=O. The second-order valence-electron chi connectivity index (χ2n) is 19.4. The van der Waals surface area contributed by atoms with Gasteiger partial charge in [-0.3, -0.25) is 24.2 Å². The number of hydrogen-bond donors (Lipinski definition) is 5. The van der Waals surface area contributed by atoms with Crippen LogP contribution < -0.4 is 27.0 Å². The Morgan fingerprint density at radius 2 is 1.56 bits per heavy atom. The Morgan fingerprint density at radius 3 is 2.19 bits per heavy atom. The predicted molar refractivity (Wildman–Crippen MR) is 261 cm³/mol. The number of primary amides is 2. The molecule has 0 spiro atoms. The van der Waals surface area contributed by atoms with Crippen LogP contribution in [0.4, 0.5) is 5.69 Å². The Balaban J connectivity index is 0.000000626. The van der Waals surface area contributed by atoms with E-state index in [0.717, 1.165) is 66.2 Å². The minimum Gasteiger partial charge on any atom is -0.396 e. The van der Waals surface area contributed by atoms with Gasteiger partial charge in [0, 0.05) is 65.5 Å². The van der Waals surface area contributed by atoms with Crippen LogP contribution in [-0.2, 0) is 25.7 Å². The van der Waals surface area contributed by atoms with Crippen molar-refractivity contribution < 1.29 is 24.3 Å². The number of benzene rings is 2. The third kappa shape index (κ3) is 16.7. The Morgan fingerprint density at radius 1 is 0.903 bits per heavy atom. The van der Waals surface area contributed by atoms with Gasteiger partial charge in [-0.05, 0) is 100 Å². The van der Waals surface area contributed by atoms with Crippen LogP contribution in [0.25, 0.3) is 11.4 Å². The molecule has 0 saturated heterocycles. The molecule has 1 aliphatic carbocycles. The van der Waals surface area contributed by atoms with Crippen LogP contribution in [0.2, 0.25) is 0 Å². The predicted octanol–water partition coefficient (Wildman–Crippen LogP) is 9.12. The van der Waals surface area contributed by atoms with Crippen molar-refractivity contribution in [1.82, 2.24) is 10.6 Å². The van der Waals surface area contributed by atoms with Crippen LogP contribution in [0.1, 0.15) is 143 Å². The summed E-state index contributed by atoms with van der Waals surface area (Å²) >= 11 is 0. The van der Waals surface area contributed by atoms with Gasteiger partial charge in [0.05, 0.1) is 23.6 Å². The van der Waals surface area contributed by atoms with Gasteiger partial charge in [0.1, 0.15) is 0 Å². The summed E-state index contributed by atoms with van der Waals surface area (Å²) in [5, 5.41) is 16.5. The van der Waals surface area contributed by atoms with Crippen LogP contribution >= 0.6 is 21.6 Å². The highest BCUT2D eigenvalue weighted by atomic mass is 33.1. The standard InChI is InChI=1S/C39H55N5O4.C10H21NOS2/c1-37(2,30-24-26(30)18-19-38(3,4)36(40)48)20-22-42-35-28-13-9-8-12-27(28)25-44(31-15-11-10-14-29(31)34(35)41-7)33(47)17-16-32(46)43-39(5,6)21-23-45;1-8(2)6-7-13-14-9(3)4-5-10(11)12/h8-15,26,30,42,45H,7,16-25H2,1-6H3,(H2,40,48)(H,43,46);8-9H,4-7H2,1-3H3,(H2,11,12)/b35-34-;. The summed E-state index contributed by atoms with van der Waals surface area (Å²) < 4.78 is 0. The average Bonchev–Trinajstić information content (AvgIpc) is 4.00. The first kappa shape index (κ1) is 52.5. The molecular weight excluding hydrogens is 817 g/mol. The number of fused-ring (bicyclic) bond motifs is 2. The Kier molecular flexibility index (Phi) is 20.6. The lowest BCUT2D eigenvalue weighted by atomic mass is 9.80. The molecule has 1 fully saturated rings. The van der Waals surface area contributed by atoms with Gasteiger partial charge in [-0.25, -0.2) is 0 Å². The maximum Gasteiger partial charge on any atom is 0.227 e. The molecule has 1 saturated carbocycles. The molecule has 2 aromatic rings. The third-order valence-corrected chi connectivity index (χ3v) is 15.2. The molecule has 2 aromatic carbocycles. The van der Waals surface area contributed by atoms with E-state index >= 15 is 0 Å². The summed E-state index contributed by atoms with van der Waals surface area (Å²) in [6.45, 7) is 23.9. The first-order valence-corrected chi connectivity index (χ1v) is 24.7. The van der Waals surface area contributed by atoms with Crippen molar-refractivity contribution in [2.45, 2.75) is 144 Å². The number of anilines is 1. The minimum atomic E-state index is -0.557. The number of carbonyl (C=O) groups is 4. The largest absolute Gasteiger partial charge is 0.396 e. The molecule has 7 N–H and O–H groups in total. The fraction of sp³-hybridized carbons (Fsp3) is 0.612. The molecule has 344 valence electrons. The number of hydrogen-bond acceptors (Lipinski definition) is 9. The van der Waals surface area contributed by atoms with Crippen molar-refractivity contribution in [1.29, 1.82) is 0 Å². The number of carbonyl (C=O) groups excluding carboxylic acids is 4. The third-order valence-electron chi connectivity index (χ3n) is 12.2. The van der Waals surface area contributed by atoms with E-state index in [1.807, 2.05) is 91.7 Å². The molecule has 1 aliphatic heterocycles. The van der Waals surface area contributed by atoms with E-state index in [1.165, 1.54) is 18.6 Å². The van der Waals surface area contributed by atoms with Crippen molar-refractivity contribution in [3.8, 4) is 0 Å². The highest BCUT2D eigenvalue weighted by molar-refractivity contribution is 8.76. The number of nitrogens with one attached hydrogen (secondary N) is 2. The van der Waals surface area contributed by atoms with E-state index < -0.39 is 11.0 Å². The Hall–Kier alpha value is -3.81. The van der Waals surface area contributed by atoms with Gasteiger partial charge in [-0.2, -0.15) is 0 Å². The van der Waals surface area contributed by atoms with Gasteiger partial charge in [0.15, 0.2) is 0 Å². The molecule has 0 aromatic heterocycles. The van der Waals surface area contributed by atoms with Gasteiger partial charge < -0.3 is 32.1 Å². The van der Waals surface area contributed by atoms with Gasteiger partial charge in [0.2, 0.25) is 23.6 Å². The topological polar surface area (TPSA) is 180 Å². The maximum absolute atomic E-state index is 13.8. The number of nitrogens with zero attached hydrogens (tertiary/aromatic N) is 2. The van der Waals surface area contributed by atoms with E-state index in [1.54, 1.807) is 4.90 Å². The molecule has 13 heteroatoms. The number of rotatable bonds is 24. The molecule has 2 aliphatic rings. The van der Waals surface area contributed by atoms with Gasteiger partial charge in [0.25, 0.3) is 0 Å². The fourth-order valence-electron chi connectivity index (χ4n) is 7.76. The molecule has 1 heterocycles. The van der Waals surface area contributed by atoms with Crippen molar-refractivity contribution in [3.63, 3.8) is 0 Å². The average molecular weight is 893 g/mol. The fourth-order valence-corrected chi connectivity index (χ4v) is 10.4. The zero-order chi connectivity index (χ0) is 46.3. The normalized spacial score (nSPS) is 18.0. The lowest BCUT2D eigenvalue weighted by Crippen LogP contribution is -2.44. The van der Waals surface area contributed by atoms with E-state index in [-0.39, 0.29) is 48.5 Å². The number of amides is 4. The number of aliphatic imine (C=N–C) groups is 1. The molecule has 0 bridgehead atoms. The summed E-state index contributed by atoms with van der Waals surface area (Å²) in [6, 6.07) is 15.8. The summed E-state index contributed by atoms with van der Waals surface area (Å²) in [6.07, 6.45) is 7.14. The molecule has 4 rings (SSSR count). The maximum atomic E-state index is 13.8. The van der Waals surface area contributed by atoms with Crippen LogP contribution in [0.3, 0.4) is 0 Å². The lowest BCUT2D eigenvalue weighted by molar-refractivity contribution is -0.126. The number of aliphatic hydroxyl groups excluding tert-OH is 1. The molecule has 3 unspecified atom stereocenters.